The van der Waals surface area contributed by atoms with Crippen molar-refractivity contribution in [2.24, 2.45) is 11.7 Å². The van der Waals surface area contributed by atoms with Gasteiger partial charge in [-0.05, 0) is 24.1 Å². The maximum atomic E-state index is 12.9. The molecule has 0 aliphatic rings. The summed E-state index contributed by atoms with van der Waals surface area (Å²) in [5.74, 6) is 0.725. The molecule has 1 atom stereocenters. The highest BCUT2D eigenvalue weighted by Gasteiger charge is 2.15. The van der Waals surface area contributed by atoms with Crippen molar-refractivity contribution in [3.63, 3.8) is 0 Å². The molecule has 1 heterocycles. The first-order chi connectivity index (χ1) is 7.08. The molecule has 15 heavy (non-hydrogen) atoms. The average molecular weight is 207 g/mol. The molecular weight excluding hydrogens is 193 g/mol. The lowest BCUT2D eigenvalue weighted by atomic mass is 10.0. The molecular formula is C12H14FNO. The third-order valence-corrected chi connectivity index (χ3v) is 2.55. The Morgan fingerprint density at radius 3 is 2.67 bits per heavy atom. The first-order valence-electron chi connectivity index (χ1n) is 5.02. The normalized spacial score (nSPS) is 13.7. The fraction of sp³-hybridized carbons (Fsp3) is 0.333. The van der Waals surface area contributed by atoms with Crippen LogP contribution < -0.4 is 5.73 Å². The van der Waals surface area contributed by atoms with E-state index in [0.29, 0.717) is 17.3 Å². The van der Waals surface area contributed by atoms with Crippen LogP contribution >= 0.6 is 0 Å². The summed E-state index contributed by atoms with van der Waals surface area (Å²) in [5.41, 5.74) is 6.51. The van der Waals surface area contributed by atoms with E-state index < -0.39 is 0 Å². The highest BCUT2D eigenvalue weighted by molar-refractivity contribution is 5.77. The molecule has 0 spiro atoms. The third-order valence-electron chi connectivity index (χ3n) is 2.55. The Bertz CT molecular complexity index is 475. The van der Waals surface area contributed by atoms with Crippen molar-refractivity contribution in [3.8, 4) is 0 Å². The maximum Gasteiger partial charge on any atom is 0.137 e. The number of fused-ring (bicyclic) bond motifs is 1. The number of nitrogens with two attached hydrogens (primary N) is 1. The SMILES string of the molecule is CC(C)[C@H](N)c1cc2ccc(F)cc2o1. The number of furan rings is 1. The fourth-order valence-electron chi connectivity index (χ4n) is 1.52. The Kier molecular flexibility index (Phi) is 2.49. The molecule has 0 saturated heterocycles. The van der Waals surface area contributed by atoms with E-state index in [1.54, 1.807) is 6.07 Å². The Morgan fingerprint density at radius 1 is 1.27 bits per heavy atom. The zero-order chi connectivity index (χ0) is 11.0. The third kappa shape index (κ3) is 1.88. The summed E-state index contributed by atoms with van der Waals surface area (Å²) >= 11 is 0. The summed E-state index contributed by atoms with van der Waals surface area (Å²) in [6.45, 7) is 4.05. The Morgan fingerprint density at radius 2 is 2.00 bits per heavy atom. The predicted molar refractivity (Wildman–Crippen MR) is 57.9 cm³/mol. The largest absolute Gasteiger partial charge is 0.459 e. The molecule has 0 saturated carbocycles. The molecule has 2 aromatic rings. The molecule has 0 unspecified atom stereocenters. The summed E-state index contributed by atoms with van der Waals surface area (Å²) in [6.07, 6.45) is 0. The van der Waals surface area contributed by atoms with Gasteiger partial charge in [0.2, 0.25) is 0 Å². The van der Waals surface area contributed by atoms with E-state index in [9.17, 15) is 4.39 Å². The summed E-state index contributed by atoms with van der Waals surface area (Å²) in [6, 6.07) is 6.24. The lowest BCUT2D eigenvalue weighted by Crippen LogP contribution is -2.15. The first-order valence-corrected chi connectivity index (χ1v) is 5.02. The van der Waals surface area contributed by atoms with E-state index in [-0.39, 0.29) is 11.9 Å². The molecule has 80 valence electrons. The van der Waals surface area contributed by atoms with E-state index in [4.69, 9.17) is 10.2 Å². The highest BCUT2D eigenvalue weighted by atomic mass is 19.1. The Hall–Kier alpha value is -1.35. The minimum absolute atomic E-state index is 0.138. The number of hydrogen-bond acceptors (Lipinski definition) is 2. The van der Waals surface area contributed by atoms with Crippen LogP contribution in [0.3, 0.4) is 0 Å². The zero-order valence-corrected chi connectivity index (χ0v) is 8.83. The second-order valence-electron chi connectivity index (χ2n) is 4.10. The molecule has 0 bridgehead atoms. The van der Waals surface area contributed by atoms with Crippen molar-refractivity contribution in [1.82, 2.24) is 0 Å². The molecule has 0 aliphatic carbocycles. The van der Waals surface area contributed by atoms with Gasteiger partial charge in [-0.15, -0.1) is 0 Å². The zero-order valence-electron chi connectivity index (χ0n) is 8.83. The lowest BCUT2D eigenvalue weighted by molar-refractivity contribution is 0.418. The fourth-order valence-corrected chi connectivity index (χ4v) is 1.52. The number of hydrogen-bond donors (Lipinski definition) is 1. The lowest BCUT2D eigenvalue weighted by Gasteiger charge is -2.11. The van der Waals surface area contributed by atoms with Gasteiger partial charge in [0.25, 0.3) is 0 Å². The van der Waals surface area contributed by atoms with Crippen LogP contribution in [0.2, 0.25) is 0 Å². The van der Waals surface area contributed by atoms with Crippen molar-refractivity contribution >= 4 is 11.0 Å². The summed E-state index contributed by atoms with van der Waals surface area (Å²) in [4.78, 5) is 0. The minimum atomic E-state index is -0.290. The van der Waals surface area contributed by atoms with Crippen LogP contribution in [0, 0.1) is 11.7 Å². The molecule has 0 radical (unpaired) electrons. The standard InChI is InChI=1S/C12H14FNO/c1-7(2)12(14)11-5-8-3-4-9(13)6-10(8)15-11/h3-7,12H,14H2,1-2H3/t12-/m0/s1. The van der Waals surface area contributed by atoms with Gasteiger partial charge in [-0.3, -0.25) is 0 Å². The van der Waals surface area contributed by atoms with E-state index in [2.05, 4.69) is 0 Å². The van der Waals surface area contributed by atoms with Crippen molar-refractivity contribution in [2.75, 3.05) is 0 Å². The smallest absolute Gasteiger partial charge is 0.137 e. The van der Waals surface area contributed by atoms with Gasteiger partial charge in [0, 0.05) is 11.5 Å². The first kappa shape index (κ1) is 10.2. The van der Waals surface area contributed by atoms with E-state index in [1.807, 2.05) is 19.9 Å². The Labute approximate surface area is 87.9 Å². The van der Waals surface area contributed by atoms with E-state index in [0.717, 1.165) is 5.39 Å². The van der Waals surface area contributed by atoms with Crippen molar-refractivity contribution in [2.45, 2.75) is 19.9 Å². The summed E-state index contributed by atoms with van der Waals surface area (Å²) in [5, 5.41) is 0.891. The van der Waals surface area contributed by atoms with Crippen LogP contribution in [0.25, 0.3) is 11.0 Å². The van der Waals surface area contributed by atoms with Crippen LogP contribution in [0.4, 0.5) is 4.39 Å². The molecule has 3 heteroatoms. The predicted octanol–water partition coefficient (Wildman–Crippen LogP) is 3.23. The maximum absolute atomic E-state index is 12.9. The number of halogens is 1. The molecule has 2 rings (SSSR count). The second kappa shape index (κ2) is 3.66. The van der Waals surface area contributed by atoms with Crippen molar-refractivity contribution in [3.05, 3.63) is 35.8 Å². The van der Waals surface area contributed by atoms with Crippen LogP contribution in [0.1, 0.15) is 25.6 Å². The minimum Gasteiger partial charge on any atom is -0.459 e. The van der Waals surface area contributed by atoms with Gasteiger partial charge in [-0.2, -0.15) is 0 Å². The molecule has 2 N–H and O–H groups in total. The number of rotatable bonds is 2. The van der Waals surface area contributed by atoms with E-state index >= 15 is 0 Å². The molecule has 0 aliphatic heterocycles. The highest BCUT2D eigenvalue weighted by Crippen LogP contribution is 2.26. The van der Waals surface area contributed by atoms with Gasteiger partial charge < -0.3 is 10.2 Å². The summed E-state index contributed by atoms with van der Waals surface area (Å²) in [7, 11) is 0. The van der Waals surface area contributed by atoms with Gasteiger partial charge in [-0.1, -0.05) is 13.8 Å². The molecule has 1 aromatic heterocycles. The molecule has 1 aromatic carbocycles. The van der Waals surface area contributed by atoms with Crippen LogP contribution in [-0.4, -0.2) is 0 Å². The van der Waals surface area contributed by atoms with Gasteiger partial charge in [0.1, 0.15) is 17.2 Å². The van der Waals surface area contributed by atoms with Crippen molar-refractivity contribution in [1.29, 1.82) is 0 Å². The summed E-state index contributed by atoms with van der Waals surface area (Å²) < 4.78 is 18.4. The average Bonchev–Trinajstić information content (AvgIpc) is 2.58. The van der Waals surface area contributed by atoms with Gasteiger partial charge in [0.05, 0.1) is 6.04 Å². The van der Waals surface area contributed by atoms with Crippen LogP contribution in [-0.2, 0) is 0 Å². The van der Waals surface area contributed by atoms with Crippen LogP contribution in [0.5, 0.6) is 0 Å². The quantitative estimate of drug-likeness (QED) is 0.821. The molecule has 0 amide bonds. The van der Waals surface area contributed by atoms with Gasteiger partial charge in [-0.25, -0.2) is 4.39 Å². The number of benzene rings is 1. The van der Waals surface area contributed by atoms with Crippen LogP contribution in [0.15, 0.2) is 28.7 Å². The topological polar surface area (TPSA) is 39.2 Å². The second-order valence-corrected chi connectivity index (χ2v) is 4.10. The Balaban J connectivity index is 2.47. The van der Waals surface area contributed by atoms with E-state index in [1.165, 1.54) is 12.1 Å². The molecule has 2 nitrogen and oxygen atoms in total. The molecule has 0 fully saturated rings. The van der Waals surface area contributed by atoms with Crippen molar-refractivity contribution < 1.29 is 8.81 Å². The van der Waals surface area contributed by atoms with Gasteiger partial charge in [0.15, 0.2) is 0 Å². The monoisotopic (exact) mass is 207 g/mol. The van der Waals surface area contributed by atoms with Gasteiger partial charge >= 0.3 is 0 Å².